The number of hydrogen-bond acceptors (Lipinski definition) is 2. The lowest BCUT2D eigenvalue weighted by Gasteiger charge is -2.05. The molecule has 1 aromatic carbocycles. The lowest BCUT2D eigenvalue weighted by atomic mass is 10.0. The molecule has 90 valence electrons. The molecule has 0 aliphatic rings. The van der Waals surface area contributed by atoms with Crippen molar-refractivity contribution in [3.8, 4) is 0 Å². The lowest BCUT2D eigenvalue weighted by Crippen LogP contribution is -1.90. The number of hydrogen-bond donors (Lipinski definition) is 1. The van der Waals surface area contributed by atoms with Gasteiger partial charge in [0.15, 0.2) is 0 Å². The molecule has 0 unspecified atom stereocenters. The number of halogens is 1. The average molecular weight is 250 g/mol. The van der Waals surface area contributed by atoms with Crippen LogP contribution in [0.2, 0.25) is 5.15 Å². The van der Waals surface area contributed by atoms with Crippen LogP contribution < -0.4 is 0 Å². The third-order valence-electron chi connectivity index (χ3n) is 2.88. The van der Waals surface area contributed by atoms with Gasteiger partial charge >= 0.3 is 0 Å². The molecule has 1 aromatic heterocycles. The normalized spacial score (nSPS) is 11.0. The maximum absolute atomic E-state index is 8.76. The summed E-state index contributed by atoms with van der Waals surface area (Å²) < 4.78 is 0. The second-order valence-electron chi connectivity index (χ2n) is 4.30. The van der Waals surface area contributed by atoms with Gasteiger partial charge in [-0.15, -0.1) is 0 Å². The summed E-state index contributed by atoms with van der Waals surface area (Å²) in [4.78, 5) is 4.34. The Kier molecular flexibility index (Phi) is 3.97. The van der Waals surface area contributed by atoms with Crippen molar-refractivity contribution in [2.45, 2.75) is 26.2 Å². The molecule has 0 bridgehead atoms. The van der Waals surface area contributed by atoms with Gasteiger partial charge < -0.3 is 5.11 Å². The highest BCUT2D eigenvalue weighted by molar-refractivity contribution is 6.30. The van der Waals surface area contributed by atoms with Crippen molar-refractivity contribution >= 4 is 22.5 Å². The van der Waals surface area contributed by atoms with Gasteiger partial charge in [0.1, 0.15) is 5.15 Å². The molecule has 3 heteroatoms. The Morgan fingerprint density at radius 3 is 2.82 bits per heavy atom. The summed E-state index contributed by atoms with van der Waals surface area (Å²) in [5, 5.41) is 10.5. The predicted molar refractivity (Wildman–Crippen MR) is 71.5 cm³/mol. The lowest BCUT2D eigenvalue weighted by molar-refractivity contribution is 0.284. The summed E-state index contributed by atoms with van der Waals surface area (Å²) in [5.41, 5.74) is 3.23. The van der Waals surface area contributed by atoms with Crippen molar-refractivity contribution in [3.63, 3.8) is 0 Å². The van der Waals surface area contributed by atoms with Crippen molar-refractivity contribution in [2.75, 3.05) is 6.61 Å². The number of aliphatic hydroxyl groups is 1. The molecule has 0 spiro atoms. The third-order valence-corrected chi connectivity index (χ3v) is 3.26. The summed E-state index contributed by atoms with van der Waals surface area (Å²) in [7, 11) is 0. The van der Waals surface area contributed by atoms with Crippen molar-refractivity contribution in [1.29, 1.82) is 0 Å². The molecule has 0 aliphatic heterocycles. The van der Waals surface area contributed by atoms with Gasteiger partial charge in [0, 0.05) is 12.0 Å². The van der Waals surface area contributed by atoms with Gasteiger partial charge in [-0.2, -0.15) is 0 Å². The topological polar surface area (TPSA) is 33.1 Å². The summed E-state index contributed by atoms with van der Waals surface area (Å²) in [6, 6.07) is 8.32. The molecular formula is C14H16ClNO. The van der Waals surface area contributed by atoms with Crippen LogP contribution >= 0.6 is 11.6 Å². The van der Waals surface area contributed by atoms with Gasteiger partial charge in [-0.25, -0.2) is 4.98 Å². The SMILES string of the molecule is Cc1cc2cc(CCCCO)ccc2nc1Cl. The van der Waals surface area contributed by atoms with Gasteiger partial charge in [0.05, 0.1) is 5.52 Å². The maximum atomic E-state index is 8.76. The van der Waals surface area contributed by atoms with E-state index < -0.39 is 0 Å². The molecule has 0 saturated carbocycles. The highest BCUT2D eigenvalue weighted by Crippen LogP contribution is 2.21. The van der Waals surface area contributed by atoms with Crippen molar-refractivity contribution < 1.29 is 5.11 Å². The summed E-state index contributed by atoms with van der Waals surface area (Å²) in [5.74, 6) is 0. The van der Waals surface area contributed by atoms with E-state index in [9.17, 15) is 0 Å². The van der Waals surface area contributed by atoms with E-state index in [4.69, 9.17) is 16.7 Å². The summed E-state index contributed by atoms with van der Waals surface area (Å²) in [6.07, 6.45) is 2.87. The second kappa shape index (κ2) is 5.48. The van der Waals surface area contributed by atoms with E-state index in [1.165, 1.54) is 5.56 Å². The van der Waals surface area contributed by atoms with Crippen LogP contribution in [0.5, 0.6) is 0 Å². The Morgan fingerprint density at radius 2 is 2.06 bits per heavy atom. The Hall–Kier alpha value is -1.12. The van der Waals surface area contributed by atoms with E-state index in [1.54, 1.807) is 0 Å². The quantitative estimate of drug-likeness (QED) is 0.665. The fourth-order valence-corrected chi connectivity index (χ4v) is 2.05. The van der Waals surface area contributed by atoms with Crippen LogP contribution in [-0.4, -0.2) is 16.7 Å². The van der Waals surface area contributed by atoms with Gasteiger partial charge in [-0.3, -0.25) is 0 Å². The van der Waals surface area contributed by atoms with E-state index in [0.29, 0.717) is 5.15 Å². The number of pyridine rings is 1. The molecule has 2 aromatic rings. The molecule has 0 amide bonds. The van der Waals surface area contributed by atoms with Gasteiger partial charge in [-0.05, 0) is 55.5 Å². The van der Waals surface area contributed by atoms with E-state index in [-0.39, 0.29) is 6.61 Å². The van der Waals surface area contributed by atoms with Crippen LogP contribution in [0.25, 0.3) is 10.9 Å². The van der Waals surface area contributed by atoms with Gasteiger partial charge in [0.25, 0.3) is 0 Å². The molecule has 0 aliphatic carbocycles. The average Bonchev–Trinajstić information content (AvgIpc) is 2.31. The molecule has 1 heterocycles. The van der Waals surface area contributed by atoms with Crippen molar-refractivity contribution in [2.24, 2.45) is 0 Å². The molecule has 17 heavy (non-hydrogen) atoms. The minimum Gasteiger partial charge on any atom is -0.396 e. The van der Waals surface area contributed by atoms with Crippen LogP contribution in [0.15, 0.2) is 24.3 Å². The van der Waals surface area contributed by atoms with Gasteiger partial charge in [-0.1, -0.05) is 17.7 Å². The monoisotopic (exact) mass is 249 g/mol. The van der Waals surface area contributed by atoms with Crippen molar-refractivity contribution in [1.82, 2.24) is 4.98 Å². The standard InChI is InChI=1S/C14H16ClNO/c1-10-8-12-9-11(4-2-3-7-17)5-6-13(12)16-14(10)15/h5-6,8-9,17H,2-4,7H2,1H3. The van der Waals surface area contributed by atoms with Crippen LogP contribution in [-0.2, 0) is 6.42 Å². The van der Waals surface area contributed by atoms with E-state index in [0.717, 1.165) is 35.7 Å². The Balaban J connectivity index is 2.27. The summed E-state index contributed by atoms with van der Waals surface area (Å²) >= 11 is 5.99. The number of unbranched alkanes of at least 4 members (excludes halogenated alkanes) is 1. The smallest absolute Gasteiger partial charge is 0.132 e. The molecule has 0 radical (unpaired) electrons. The van der Waals surface area contributed by atoms with Crippen LogP contribution in [0.1, 0.15) is 24.0 Å². The minimum absolute atomic E-state index is 0.268. The first kappa shape index (κ1) is 12.3. The summed E-state index contributed by atoms with van der Waals surface area (Å²) in [6.45, 7) is 2.23. The number of benzene rings is 1. The molecule has 0 saturated heterocycles. The molecule has 0 atom stereocenters. The number of rotatable bonds is 4. The van der Waals surface area contributed by atoms with Crippen molar-refractivity contribution in [3.05, 3.63) is 40.5 Å². The molecular weight excluding hydrogens is 234 g/mol. The zero-order valence-corrected chi connectivity index (χ0v) is 10.7. The molecule has 1 N–H and O–H groups in total. The number of nitrogens with zero attached hydrogens (tertiary/aromatic N) is 1. The Bertz CT molecular complexity index is 525. The first-order valence-corrected chi connectivity index (χ1v) is 6.25. The number of aliphatic hydroxyl groups excluding tert-OH is 1. The highest BCUT2D eigenvalue weighted by Gasteiger charge is 2.02. The number of fused-ring (bicyclic) bond motifs is 1. The number of aromatic nitrogens is 1. The Labute approximate surface area is 106 Å². The minimum atomic E-state index is 0.268. The highest BCUT2D eigenvalue weighted by atomic mass is 35.5. The van der Waals surface area contributed by atoms with Crippen LogP contribution in [0, 0.1) is 6.92 Å². The largest absolute Gasteiger partial charge is 0.396 e. The van der Waals surface area contributed by atoms with Crippen LogP contribution in [0.4, 0.5) is 0 Å². The molecule has 0 fully saturated rings. The van der Waals surface area contributed by atoms with E-state index in [2.05, 4.69) is 23.2 Å². The van der Waals surface area contributed by atoms with E-state index in [1.807, 2.05) is 13.0 Å². The Morgan fingerprint density at radius 1 is 1.24 bits per heavy atom. The fourth-order valence-electron chi connectivity index (χ4n) is 1.90. The predicted octanol–water partition coefficient (Wildman–Crippen LogP) is 3.51. The maximum Gasteiger partial charge on any atom is 0.132 e. The first-order valence-electron chi connectivity index (χ1n) is 5.87. The zero-order chi connectivity index (χ0) is 12.3. The molecule has 2 nitrogen and oxygen atoms in total. The number of aryl methyl sites for hydroxylation is 2. The molecule has 2 rings (SSSR count). The zero-order valence-electron chi connectivity index (χ0n) is 9.91. The van der Waals surface area contributed by atoms with Gasteiger partial charge in [0.2, 0.25) is 0 Å². The fraction of sp³-hybridized carbons (Fsp3) is 0.357. The third kappa shape index (κ3) is 2.96. The van der Waals surface area contributed by atoms with E-state index >= 15 is 0 Å². The second-order valence-corrected chi connectivity index (χ2v) is 4.66. The first-order chi connectivity index (χ1) is 8.20. The van der Waals surface area contributed by atoms with Crippen LogP contribution in [0.3, 0.4) is 0 Å².